The maximum absolute atomic E-state index is 13.2. The molecule has 0 spiro atoms. The van der Waals surface area contributed by atoms with Crippen molar-refractivity contribution in [3.63, 3.8) is 0 Å². The molecule has 0 amide bonds. The maximum Gasteiger partial charge on any atom is 0.138 e. The lowest BCUT2D eigenvalue weighted by atomic mass is 10.2. The zero-order valence-corrected chi connectivity index (χ0v) is 13.7. The molecule has 2 aromatic rings. The third-order valence-corrected chi connectivity index (χ3v) is 4.04. The average molecular weight is 331 g/mol. The monoisotopic (exact) mass is 331 g/mol. The van der Waals surface area contributed by atoms with Gasteiger partial charge in [0.25, 0.3) is 0 Å². The highest BCUT2D eigenvalue weighted by Gasteiger charge is 2.33. The van der Waals surface area contributed by atoms with Gasteiger partial charge in [-0.15, -0.1) is 0 Å². The number of likely N-dealkylation sites (tertiary alicyclic amines) is 1. The molecule has 0 aromatic heterocycles. The molecule has 128 valence electrons. The van der Waals surface area contributed by atoms with Crippen LogP contribution in [0.5, 0.6) is 11.5 Å². The third kappa shape index (κ3) is 4.24. The second-order valence-corrected chi connectivity index (χ2v) is 5.95. The van der Waals surface area contributed by atoms with E-state index < -0.39 is 6.10 Å². The fraction of sp³-hybridized carbons (Fsp3) is 0.368. The lowest BCUT2D eigenvalue weighted by Gasteiger charge is -2.17. The smallest absolute Gasteiger partial charge is 0.138 e. The van der Waals surface area contributed by atoms with Crippen LogP contribution in [0.25, 0.3) is 0 Å². The molecule has 0 radical (unpaired) electrons. The van der Waals surface area contributed by atoms with Crippen molar-refractivity contribution in [3.05, 3.63) is 59.9 Å². The lowest BCUT2D eigenvalue weighted by Crippen LogP contribution is -2.29. The molecule has 4 nitrogen and oxygen atoms in total. The van der Waals surface area contributed by atoms with Gasteiger partial charge < -0.3 is 14.6 Å². The van der Waals surface area contributed by atoms with Crippen molar-refractivity contribution in [2.75, 3.05) is 19.7 Å². The maximum atomic E-state index is 13.2. The number of nitrogens with zero attached hydrogens (tertiary/aromatic N) is 1. The van der Waals surface area contributed by atoms with E-state index >= 15 is 0 Å². The second-order valence-electron chi connectivity index (χ2n) is 5.95. The Hall–Kier alpha value is -2.11. The number of hydrogen-bond acceptors (Lipinski definition) is 4. The van der Waals surface area contributed by atoms with E-state index in [2.05, 4.69) is 4.90 Å². The molecule has 0 bridgehead atoms. The molecule has 24 heavy (non-hydrogen) atoms. The minimum absolute atomic E-state index is 0.341. The Morgan fingerprint density at radius 1 is 1.12 bits per heavy atom. The van der Waals surface area contributed by atoms with Crippen molar-refractivity contribution in [2.24, 2.45) is 0 Å². The molecule has 3 rings (SSSR count). The fourth-order valence-corrected chi connectivity index (χ4v) is 2.91. The van der Waals surface area contributed by atoms with Gasteiger partial charge in [-0.1, -0.05) is 18.2 Å². The largest absolute Gasteiger partial charge is 0.494 e. The van der Waals surface area contributed by atoms with E-state index in [4.69, 9.17) is 9.47 Å². The van der Waals surface area contributed by atoms with Gasteiger partial charge in [0.15, 0.2) is 0 Å². The normalized spacial score (nSPS) is 21.0. The highest BCUT2D eigenvalue weighted by Crippen LogP contribution is 2.22. The number of hydrogen-bond donors (Lipinski definition) is 1. The molecule has 0 saturated carbocycles. The molecule has 1 fully saturated rings. The van der Waals surface area contributed by atoms with E-state index in [1.807, 2.05) is 31.2 Å². The third-order valence-electron chi connectivity index (χ3n) is 4.04. The zero-order valence-electron chi connectivity index (χ0n) is 13.7. The summed E-state index contributed by atoms with van der Waals surface area (Å²) in [6.45, 7) is 4.47. The summed E-state index contributed by atoms with van der Waals surface area (Å²) in [6, 6.07) is 14.0. The van der Waals surface area contributed by atoms with E-state index in [0.717, 1.165) is 17.9 Å². The molecule has 1 saturated heterocycles. The van der Waals surface area contributed by atoms with Crippen molar-refractivity contribution >= 4 is 0 Å². The molecule has 2 aromatic carbocycles. The van der Waals surface area contributed by atoms with Gasteiger partial charge in [0, 0.05) is 25.7 Å². The summed E-state index contributed by atoms with van der Waals surface area (Å²) in [5, 5.41) is 10.2. The summed E-state index contributed by atoms with van der Waals surface area (Å²) >= 11 is 0. The van der Waals surface area contributed by atoms with Crippen LogP contribution < -0.4 is 9.47 Å². The Bertz CT molecular complexity index is 662. The Kier molecular flexibility index (Phi) is 5.33. The quantitative estimate of drug-likeness (QED) is 0.884. The van der Waals surface area contributed by atoms with Gasteiger partial charge in [-0.25, -0.2) is 4.39 Å². The molecule has 1 heterocycles. The molecule has 1 N–H and O–H groups in total. The Labute approximate surface area is 141 Å². The first-order valence-corrected chi connectivity index (χ1v) is 8.18. The van der Waals surface area contributed by atoms with E-state index in [1.54, 1.807) is 12.1 Å². The van der Waals surface area contributed by atoms with E-state index in [0.29, 0.717) is 25.4 Å². The van der Waals surface area contributed by atoms with Crippen molar-refractivity contribution in [1.29, 1.82) is 0 Å². The molecule has 5 heteroatoms. The summed E-state index contributed by atoms with van der Waals surface area (Å²) in [7, 11) is 0. The number of ether oxygens (including phenoxy) is 2. The molecule has 0 aliphatic carbocycles. The van der Waals surface area contributed by atoms with Gasteiger partial charge in [0.05, 0.1) is 6.61 Å². The van der Waals surface area contributed by atoms with Crippen LogP contribution in [-0.4, -0.2) is 41.9 Å². The zero-order chi connectivity index (χ0) is 16.9. The van der Waals surface area contributed by atoms with Crippen LogP contribution in [0, 0.1) is 5.82 Å². The SMILES string of the molecule is CCOc1ccc(CN2CC(O)C(Oc3cccc(F)c3)C2)cc1. The summed E-state index contributed by atoms with van der Waals surface area (Å²) in [5.41, 5.74) is 1.15. The number of β-amino-alcohol motifs (C(OH)–C–C–N with tert-alkyl or cyclic N) is 1. The summed E-state index contributed by atoms with van der Waals surface area (Å²) in [5.74, 6) is 0.961. The van der Waals surface area contributed by atoms with Crippen LogP contribution in [0.4, 0.5) is 4.39 Å². The first kappa shape index (κ1) is 16.7. The fourth-order valence-electron chi connectivity index (χ4n) is 2.91. The summed E-state index contributed by atoms with van der Waals surface area (Å²) in [6.07, 6.45) is -0.939. The van der Waals surface area contributed by atoms with Crippen molar-refractivity contribution in [2.45, 2.75) is 25.7 Å². The van der Waals surface area contributed by atoms with Crippen LogP contribution in [0.15, 0.2) is 48.5 Å². The van der Waals surface area contributed by atoms with E-state index in [9.17, 15) is 9.50 Å². The van der Waals surface area contributed by atoms with Gasteiger partial charge in [0.2, 0.25) is 0 Å². The first-order chi connectivity index (χ1) is 11.6. The van der Waals surface area contributed by atoms with Gasteiger partial charge in [0.1, 0.15) is 29.5 Å². The van der Waals surface area contributed by atoms with Crippen LogP contribution in [-0.2, 0) is 6.54 Å². The number of rotatable bonds is 6. The van der Waals surface area contributed by atoms with E-state index in [-0.39, 0.29) is 11.9 Å². The predicted molar refractivity (Wildman–Crippen MR) is 89.7 cm³/mol. The number of benzene rings is 2. The number of aliphatic hydroxyl groups is 1. The Balaban J connectivity index is 1.57. The van der Waals surface area contributed by atoms with Crippen LogP contribution in [0.3, 0.4) is 0 Å². The average Bonchev–Trinajstić information content (AvgIpc) is 2.89. The molecule has 1 aliphatic rings. The van der Waals surface area contributed by atoms with Crippen molar-refractivity contribution in [1.82, 2.24) is 4.90 Å². The first-order valence-electron chi connectivity index (χ1n) is 8.18. The Morgan fingerprint density at radius 2 is 1.92 bits per heavy atom. The van der Waals surface area contributed by atoms with Crippen LogP contribution in [0.2, 0.25) is 0 Å². The van der Waals surface area contributed by atoms with Gasteiger partial charge in [-0.3, -0.25) is 4.90 Å². The molecular weight excluding hydrogens is 309 g/mol. The van der Waals surface area contributed by atoms with Gasteiger partial charge in [-0.05, 0) is 36.8 Å². The molecule has 2 atom stereocenters. The Morgan fingerprint density at radius 3 is 2.62 bits per heavy atom. The van der Waals surface area contributed by atoms with Crippen molar-refractivity contribution in [3.8, 4) is 11.5 Å². The standard InChI is InChI=1S/C19H22FNO3/c1-2-23-16-8-6-14(7-9-16)11-21-12-18(22)19(13-21)24-17-5-3-4-15(20)10-17/h3-10,18-19,22H,2,11-13H2,1H3. The van der Waals surface area contributed by atoms with Gasteiger partial charge >= 0.3 is 0 Å². The molecular formula is C19H22FNO3. The highest BCUT2D eigenvalue weighted by atomic mass is 19.1. The number of aliphatic hydroxyl groups excluding tert-OH is 1. The van der Waals surface area contributed by atoms with E-state index in [1.165, 1.54) is 12.1 Å². The second kappa shape index (κ2) is 7.64. The van der Waals surface area contributed by atoms with Crippen LogP contribution >= 0.6 is 0 Å². The minimum atomic E-state index is -0.587. The van der Waals surface area contributed by atoms with Crippen LogP contribution in [0.1, 0.15) is 12.5 Å². The minimum Gasteiger partial charge on any atom is -0.494 e. The number of halogens is 1. The predicted octanol–water partition coefficient (Wildman–Crippen LogP) is 2.85. The lowest BCUT2D eigenvalue weighted by molar-refractivity contribution is 0.0734. The summed E-state index contributed by atoms with van der Waals surface area (Å²) in [4.78, 5) is 2.13. The van der Waals surface area contributed by atoms with Gasteiger partial charge in [-0.2, -0.15) is 0 Å². The molecule has 2 unspecified atom stereocenters. The highest BCUT2D eigenvalue weighted by molar-refractivity contribution is 5.27. The topological polar surface area (TPSA) is 41.9 Å². The summed E-state index contributed by atoms with van der Waals surface area (Å²) < 4.78 is 24.4. The molecule has 1 aliphatic heterocycles. The van der Waals surface area contributed by atoms with Crippen molar-refractivity contribution < 1.29 is 19.0 Å².